The van der Waals surface area contributed by atoms with Gasteiger partial charge in [0.25, 0.3) is 10.1 Å². The van der Waals surface area contributed by atoms with E-state index in [-0.39, 0.29) is 11.6 Å². The molecule has 0 saturated heterocycles. The first-order valence-corrected chi connectivity index (χ1v) is 11.1. The summed E-state index contributed by atoms with van der Waals surface area (Å²) in [5.74, 6) is 0. The van der Waals surface area contributed by atoms with Crippen LogP contribution in [0, 0.1) is 0 Å². The molecule has 0 unspecified atom stereocenters. The maximum atomic E-state index is 11.3. The summed E-state index contributed by atoms with van der Waals surface area (Å²) >= 11 is 0. The van der Waals surface area contributed by atoms with Gasteiger partial charge in [-0.25, -0.2) is 0 Å². The van der Waals surface area contributed by atoms with Gasteiger partial charge in [-0.3, -0.25) is 4.18 Å². The first-order chi connectivity index (χ1) is 7.70. The summed E-state index contributed by atoms with van der Waals surface area (Å²) in [6.07, 6.45) is 0.850. The second-order valence-electron chi connectivity index (χ2n) is 5.69. The van der Waals surface area contributed by atoms with Crippen molar-refractivity contribution in [2.24, 2.45) is 0 Å². The molecule has 1 aromatic rings. The fourth-order valence-corrected chi connectivity index (χ4v) is 5.56. The molecule has 5 heteroatoms. The molecule has 0 N–H and O–H groups in total. The highest BCUT2D eigenvalue weighted by atomic mass is 32.2. The van der Waals surface area contributed by atoms with E-state index in [0.717, 1.165) is 11.8 Å². The fraction of sp³-hybridized carbons (Fsp3) is 0.500. The van der Waals surface area contributed by atoms with E-state index in [4.69, 9.17) is 4.18 Å². The van der Waals surface area contributed by atoms with Crippen molar-refractivity contribution in [3.63, 3.8) is 0 Å². The van der Waals surface area contributed by atoms with E-state index < -0.39 is 18.2 Å². The topological polar surface area (TPSA) is 43.4 Å². The molecule has 0 amide bonds. The summed E-state index contributed by atoms with van der Waals surface area (Å²) in [5, 5.41) is 0. The van der Waals surface area contributed by atoms with Gasteiger partial charge in [-0.2, -0.15) is 8.42 Å². The Bertz CT molecular complexity index is 531. The highest BCUT2D eigenvalue weighted by molar-refractivity contribution is 7.86. The van der Waals surface area contributed by atoms with E-state index in [1.165, 1.54) is 5.56 Å². The molecule has 94 valence electrons. The zero-order chi connectivity index (χ0) is 12.8. The smallest absolute Gasteiger partial charge is 0.262 e. The molecule has 1 aliphatic carbocycles. The van der Waals surface area contributed by atoms with Crippen LogP contribution in [0.15, 0.2) is 24.3 Å². The lowest BCUT2D eigenvalue weighted by molar-refractivity contribution is 0.180. The third-order valence-corrected chi connectivity index (χ3v) is 6.19. The lowest BCUT2D eigenvalue weighted by atomic mass is 9.85. The number of benzene rings is 1. The summed E-state index contributed by atoms with van der Waals surface area (Å²) in [5.41, 5.74) is 2.57. The monoisotopic (exact) mass is 270 g/mol. The molecule has 2 rings (SSSR count). The third-order valence-electron chi connectivity index (χ3n) is 3.15. The second kappa shape index (κ2) is 3.93. The van der Waals surface area contributed by atoms with E-state index in [0.29, 0.717) is 0 Å². The van der Waals surface area contributed by atoms with Crippen LogP contribution in [0.3, 0.4) is 0 Å². The van der Waals surface area contributed by atoms with Crippen molar-refractivity contribution >= 4 is 18.2 Å². The molecule has 0 bridgehead atoms. The first kappa shape index (κ1) is 12.8. The molecule has 0 aromatic heterocycles. The van der Waals surface area contributed by atoms with Crippen molar-refractivity contribution in [1.82, 2.24) is 0 Å². The normalized spacial score (nSPS) is 24.0. The van der Waals surface area contributed by atoms with Gasteiger partial charge in [0.15, 0.2) is 0 Å². The first-order valence-electron chi connectivity index (χ1n) is 5.67. The number of rotatable bonds is 3. The van der Waals surface area contributed by atoms with Crippen molar-refractivity contribution in [3.05, 3.63) is 35.4 Å². The van der Waals surface area contributed by atoms with Crippen LogP contribution < -0.4 is 0 Å². The quantitative estimate of drug-likeness (QED) is 0.626. The van der Waals surface area contributed by atoms with Gasteiger partial charge in [0.1, 0.15) is 6.10 Å². The predicted octanol–water partition coefficient (Wildman–Crippen LogP) is 2.68. The molecule has 0 heterocycles. The molecule has 0 saturated carbocycles. The van der Waals surface area contributed by atoms with E-state index in [2.05, 4.69) is 25.7 Å². The van der Waals surface area contributed by atoms with E-state index >= 15 is 0 Å². The van der Waals surface area contributed by atoms with Gasteiger partial charge in [-0.15, -0.1) is 0 Å². The van der Waals surface area contributed by atoms with Crippen LogP contribution >= 0.6 is 0 Å². The molecule has 2 atom stereocenters. The summed E-state index contributed by atoms with van der Waals surface area (Å²) in [6, 6.07) is 7.97. The minimum absolute atomic E-state index is 0.270. The van der Waals surface area contributed by atoms with Gasteiger partial charge >= 0.3 is 0 Å². The van der Waals surface area contributed by atoms with Crippen molar-refractivity contribution in [3.8, 4) is 0 Å². The van der Waals surface area contributed by atoms with Crippen molar-refractivity contribution < 1.29 is 12.6 Å². The summed E-state index contributed by atoms with van der Waals surface area (Å²) < 4.78 is 27.9. The van der Waals surface area contributed by atoms with Gasteiger partial charge in [0, 0.05) is 5.54 Å². The van der Waals surface area contributed by atoms with Crippen LogP contribution in [0.4, 0.5) is 0 Å². The average Bonchev–Trinajstić information content (AvgIpc) is 2.10. The van der Waals surface area contributed by atoms with Gasteiger partial charge in [-0.1, -0.05) is 43.9 Å². The van der Waals surface area contributed by atoms with Crippen LogP contribution in [-0.2, 0) is 14.3 Å². The molecule has 0 radical (unpaired) electrons. The lowest BCUT2D eigenvalue weighted by Crippen LogP contribution is -2.43. The molecular formula is C12H18O3SSi. The van der Waals surface area contributed by atoms with Crippen LogP contribution in [0.2, 0.25) is 19.6 Å². The fourth-order valence-electron chi connectivity index (χ4n) is 2.52. The van der Waals surface area contributed by atoms with E-state index in [9.17, 15) is 8.42 Å². The molecule has 3 nitrogen and oxygen atoms in total. The molecule has 0 fully saturated rings. The van der Waals surface area contributed by atoms with Crippen LogP contribution in [0.25, 0.3) is 0 Å². The number of hydrogen-bond acceptors (Lipinski definition) is 3. The summed E-state index contributed by atoms with van der Waals surface area (Å²) in [6.45, 7) is 6.73. The maximum absolute atomic E-state index is 11.3. The van der Waals surface area contributed by atoms with Gasteiger partial charge in [-0.05, 0) is 11.1 Å². The number of fused-ring (bicyclic) bond motifs is 1. The Kier molecular flexibility index (Phi) is 2.96. The van der Waals surface area contributed by atoms with Crippen molar-refractivity contribution in [2.75, 3.05) is 6.26 Å². The van der Waals surface area contributed by atoms with Crippen molar-refractivity contribution in [1.29, 1.82) is 0 Å². The predicted molar refractivity (Wildman–Crippen MR) is 71.2 cm³/mol. The zero-order valence-electron chi connectivity index (χ0n) is 10.6. The summed E-state index contributed by atoms with van der Waals surface area (Å²) in [7, 11) is -4.88. The Balaban J connectivity index is 2.39. The Morgan fingerprint density at radius 1 is 1.12 bits per heavy atom. The number of hydrogen-bond donors (Lipinski definition) is 0. The van der Waals surface area contributed by atoms with Crippen molar-refractivity contribution in [2.45, 2.75) is 31.3 Å². The molecule has 17 heavy (non-hydrogen) atoms. The minimum atomic E-state index is -3.40. The third kappa shape index (κ3) is 2.46. The summed E-state index contributed by atoms with van der Waals surface area (Å²) in [4.78, 5) is 0. The Hall–Kier alpha value is -0.653. The SMILES string of the molecule is C[Si](C)(C)[C@H]1c2ccccc2[C@@H]1OS(C)(=O)=O. The second-order valence-corrected chi connectivity index (χ2v) is 12.6. The maximum Gasteiger partial charge on any atom is 0.264 e. The van der Waals surface area contributed by atoms with Crippen LogP contribution in [0.1, 0.15) is 22.8 Å². The highest BCUT2D eigenvalue weighted by Crippen LogP contribution is 2.52. The molecule has 1 aliphatic rings. The largest absolute Gasteiger partial charge is 0.264 e. The van der Waals surface area contributed by atoms with Crippen LogP contribution in [0.5, 0.6) is 0 Å². The molecular weight excluding hydrogens is 252 g/mol. The van der Waals surface area contributed by atoms with Gasteiger partial charge < -0.3 is 0 Å². The van der Waals surface area contributed by atoms with E-state index in [1.54, 1.807) is 0 Å². The minimum Gasteiger partial charge on any atom is -0.262 e. The molecule has 0 aliphatic heterocycles. The zero-order valence-corrected chi connectivity index (χ0v) is 12.4. The highest BCUT2D eigenvalue weighted by Gasteiger charge is 2.47. The Morgan fingerprint density at radius 2 is 1.65 bits per heavy atom. The lowest BCUT2D eigenvalue weighted by Gasteiger charge is -2.45. The van der Waals surface area contributed by atoms with Gasteiger partial charge in [0.2, 0.25) is 0 Å². The Morgan fingerprint density at radius 3 is 2.12 bits per heavy atom. The van der Waals surface area contributed by atoms with Gasteiger partial charge in [0.05, 0.1) is 14.3 Å². The van der Waals surface area contributed by atoms with Crippen LogP contribution in [-0.4, -0.2) is 22.7 Å². The molecule has 1 aromatic carbocycles. The standard InChI is InChI=1S/C12H18O3SSi/c1-16(13,14)15-11-9-7-5-6-8-10(9)12(11)17(2,3)4/h5-8,11-12H,1-4H3/t11-,12-/m0/s1. The van der Waals surface area contributed by atoms with E-state index in [1.807, 2.05) is 18.2 Å². The molecule has 0 spiro atoms. The average molecular weight is 270 g/mol. The Labute approximate surface area is 104 Å².